The van der Waals surface area contributed by atoms with Gasteiger partial charge in [0.25, 0.3) is 0 Å². The van der Waals surface area contributed by atoms with Gasteiger partial charge in [-0.15, -0.1) is 11.3 Å². The quantitative estimate of drug-likeness (QED) is 0.176. The smallest absolute Gasteiger partial charge is 0.160 e. The molecule has 0 amide bonds. The molecule has 4 heteroatoms. The fraction of sp³-hybridized carbons (Fsp3) is 0. The van der Waals surface area contributed by atoms with Crippen molar-refractivity contribution < 1.29 is 4.42 Å². The summed E-state index contributed by atoms with van der Waals surface area (Å²) in [5, 5.41) is 9.50. The summed E-state index contributed by atoms with van der Waals surface area (Å²) in [5.41, 5.74) is 11.4. The molecule has 0 N–H and O–H groups in total. The van der Waals surface area contributed by atoms with Gasteiger partial charge in [0.2, 0.25) is 0 Å². The van der Waals surface area contributed by atoms with Crippen molar-refractivity contribution in [1.29, 1.82) is 0 Å². The van der Waals surface area contributed by atoms with E-state index in [1.54, 1.807) is 0 Å². The lowest BCUT2D eigenvalue weighted by Gasteiger charge is -2.12. The Morgan fingerprint density at radius 1 is 0.328 bits per heavy atom. The van der Waals surface area contributed by atoms with E-state index in [2.05, 4.69) is 182 Å². The molecule has 0 atom stereocenters. The molecular formula is C54H32N2OS. The third-order valence-electron chi connectivity index (χ3n) is 11.5. The Morgan fingerprint density at radius 2 is 0.914 bits per heavy atom. The highest BCUT2D eigenvalue weighted by atomic mass is 32.1. The average molecular weight is 757 g/mol. The lowest BCUT2D eigenvalue weighted by molar-refractivity contribution is 0.669. The number of nitrogens with zero attached hydrogens (tertiary/aromatic N) is 2. The van der Waals surface area contributed by atoms with Gasteiger partial charge >= 0.3 is 0 Å². The third kappa shape index (κ3) is 5.34. The van der Waals surface area contributed by atoms with E-state index in [0.717, 1.165) is 55.4 Å². The predicted molar refractivity (Wildman–Crippen MR) is 244 cm³/mol. The second-order valence-electron chi connectivity index (χ2n) is 14.9. The highest BCUT2D eigenvalue weighted by molar-refractivity contribution is 7.26. The monoisotopic (exact) mass is 756 g/mol. The number of thiophene rings is 1. The first-order valence-electron chi connectivity index (χ1n) is 19.5. The summed E-state index contributed by atoms with van der Waals surface area (Å²) in [6.07, 6.45) is 0. The Labute approximate surface area is 338 Å². The summed E-state index contributed by atoms with van der Waals surface area (Å²) >= 11 is 1.89. The predicted octanol–water partition coefficient (Wildman–Crippen LogP) is 15.4. The summed E-state index contributed by atoms with van der Waals surface area (Å²) in [6.45, 7) is 0. The lowest BCUT2D eigenvalue weighted by Crippen LogP contribution is -1.96. The van der Waals surface area contributed by atoms with Crippen molar-refractivity contribution >= 4 is 75.0 Å². The molecule has 0 aliphatic rings. The topological polar surface area (TPSA) is 38.9 Å². The molecular weight excluding hydrogens is 725 g/mol. The van der Waals surface area contributed by atoms with Crippen LogP contribution in [0.15, 0.2) is 199 Å². The van der Waals surface area contributed by atoms with Gasteiger partial charge in [-0.3, -0.25) is 0 Å². The Kier molecular flexibility index (Phi) is 7.40. The Bertz CT molecular complexity index is 3580. The van der Waals surface area contributed by atoms with E-state index in [9.17, 15) is 0 Å². The van der Waals surface area contributed by atoms with Crippen LogP contribution in [0.5, 0.6) is 0 Å². The number of rotatable bonds is 5. The van der Waals surface area contributed by atoms with E-state index in [0.29, 0.717) is 5.82 Å². The third-order valence-corrected chi connectivity index (χ3v) is 12.8. The number of furan rings is 1. The number of fused-ring (bicyclic) bond motifs is 8. The summed E-state index contributed by atoms with van der Waals surface area (Å²) in [7, 11) is 0. The van der Waals surface area contributed by atoms with Crippen LogP contribution in [0, 0.1) is 0 Å². The molecule has 12 aromatic rings. The lowest BCUT2D eigenvalue weighted by atomic mass is 9.95. The molecule has 270 valence electrons. The van der Waals surface area contributed by atoms with E-state index in [4.69, 9.17) is 14.4 Å². The van der Waals surface area contributed by atoms with Gasteiger partial charge in [-0.1, -0.05) is 158 Å². The molecule has 3 heterocycles. The van der Waals surface area contributed by atoms with Crippen molar-refractivity contribution in [2.75, 3.05) is 0 Å². The zero-order chi connectivity index (χ0) is 38.2. The molecule has 0 radical (unpaired) electrons. The van der Waals surface area contributed by atoms with Crippen molar-refractivity contribution in [1.82, 2.24) is 9.97 Å². The van der Waals surface area contributed by atoms with Crippen molar-refractivity contribution in [2.24, 2.45) is 0 Å². The molecule has 3 aromatic heterocycles. The average Bonchev–Trinajstić information content (AvgIpc) is 3.87. The summed E-state index contributed by atoms with van der Waals surface area (Å²) < 4.78 is 8.93. The van der Waals surface area contributed by atoms with E-state index < -0.39 is 0 Å². The molecule has 0 saturated heterocycles. The van der Waals surface area contributed by atoms with Gasteiger partial charge < -0.3 is 4.42 Å². The first-order valence-corrected chi connectivity index (χ1v) is 20.4. The minimum atomic E-state index is 0.678. The zero-order valence-corrected chi connectivity index (χ0v) is 32.0. The Balaban J connectivity index is 1.01. The zero-order valence-electron chi connectivity index (χ0n) is 31.2. The van der Waals surface area contributed by atoms with E-state index in [1.807, 2.05) is 23.5 Å². The highest BCUT2D eigenvalue weighted by Gasteiger charge is 2.17. The minimum absolute atomic E-state index is 0.678. The molecule has 9 aromatic carbocycles. The van der Waals surface area contributed by atoms with Crippen molar-refractivity contribution in [3.8, 4) is 56.2 Å². The molecule has 0 saturated carbocycles. The fourth-order valence-electron chi connectivity index (χ4n) is 8.64. The molecule has 0 aliphatic heterocycles. The van der Waals surface area contributed by atoms with Crippen LogP contribution >= 0.6 is 11.3 Å². The van der Waals surface area contributed by atoms with Gasteiger partial charge in [-0.25, -0.2) is 9.97 Å². The van der Waals surface area contributed by atoms with E-state index >= 15 is 0 Å². The maximum Gasteiger partial charge on any atom is 0.160 e. The number of aromatic nitrogens is 2. The standard InChI is InChI=1S/C54H32N2OS/c1-2-12-34(13-3-1)41-17-9-20-46-47-21-10-19-45(53(47)58-52(41)46)42-18-8-15-36-30-39(26-27-40(36)42)54-55-48(37-24-23-33-11-4-5-14-35(33)29-37)32-49(56-54)38-25-28-44-43-16-6-7-22-50(43)57-51(44)31-38/h1-32H. The van der Waals surface area contributed by atoms with Gasteiger partial charge in [-0.05, 0) is 74.6 Å². The van der Waals surface area contributed by atoms with Crippen LogP contribution in [0.3, 0.4) is 0 Å². The SMILES string of the molecule is c1ccc(-c2cccc3c2sc2c(-c4cccc5cc(-c6nc(-c7ccc8ccccc8c7)cc(-c7ccc8c(c7)oc7ccccc78)n6)ccc45)cccc23)cc1. The second-order valence-corrected chi connectivity index (χ2v) is 15.9. The number of hydrogen-bond donors (Lipinski definition) is 0. The first-order chi connectivity index (χ1) is 28.7. The highest BCUT2D eigenvalue weighted by Crippen LogP contribution is 2.45. The normalized spacial score (nSPS) is 11.8. The van der Waals surface area contributed by atoms with E-state index in [-0.39, 0.29) is 0 Å². The van der Waals surface area contributed by atoms with Crippen LogP contribution in [0.2, 0.25) is 0 Å². The molecule has 0 aliphatic carbocycles. The van der Waals surface area contributed by atoms with Crippen molar-refractivity contribution in [3.63, 3.8) is 0 Å². The van der Waals surface area contributed by atoms with Gasteiger partial charge in [-0.2, -0.15) is 0 Å². The van der Waals surface area contributed by atoms with E-state index in [1.165, 1.54) is 58.6 Å². The van der Waals surface area contributed by atoms with Gasteiger partial charge in [0, 0.05) is 53.2 Å². The Hall–Kier alpha value is -7.40. The maximum absolute atomic E-state index is 6.32. The molecule has 0 bridgehead atoms. The van der Waals surface area contributed by atoms with Crippen LogP contribution in [-0.2, 0) is 0 Å². The van der Waals surface area contributed by atoms with Crippen LogP contribution < -0.4 is 0 Å². The molecule has 0 fully saturated rings. The number of para-hydroxylation sites is 1. The van der Waals surface area contributed by atoms with Gasteiger partial charge in [0.15, 0.2) is 5.82 Å². The van der Waals surface area contributed by atoms with Crippen LogP contribution in [0.4, 0.5) is 0 Å². The van der Waals surface area contributed by atoms with Gasteiger partial charge in [0.1, 0.15) is 11.2 Å². The van der Waals surface area contributed by atoms with Crippen LogP contribution in [-0.4, -0.2) is 9.97 Å². The fourth-order valence-corrected chi connectivity index (χ4v) is 10.0. The van der Waals surface area contributed by atoms with Crippen molar-refractivity contribution in [3.05, 3.63) is 194 Å². The van der Waals surface area contributed by atoms with Crippen molar-refractivity contribution in [2.45, 2.75) is 0 Å². The molecule has 12 rings (SSSR count). The summed E-state index contributed by atoms with van der Waals surface area (Å²) in [4.78, 5) is 10.5. The van der Waals surface area contributed by atoms with Gasteiger partial charge in [0.05, 0.1) is 11.4 Å². The number of benzene rings is 9. The van der Waals surface area contributed by atoms with Crippen LogP contribution in [0.1, 0.15) is 0 Å². The maximum atomic E-state index is 6.32. The Morgan fingerprint density at radius 3 is 1.78 bits per heavy atom. The largest absolute Gasteiger partial charge is 0.456 e. The summed E-state index contributed by atoms with van der Waals surface area (Å²) in [5.74, 6) is 0.678. The molecule has 58 heavy (non-hydrogen) atoms. The van der Waals surface area contributed by atoms with Crippen LogP contribution in [0.25, 0.3) is 120 Å². The molecule has 0 spiro atoms. The molecule has 3 nitrogen and oxygen atoms in total. The first kappa shape index (κ1) is 32.8. The number of hydrogen-bond acceptors (Lipinski definition) is 4. The molecule has 0 unspecified atom stereocenters. The second kappa shape index (κ2) is 13.1. The minimum Gasteiger partial charge on any atom is -0.456 e. The summed E-state index contributed by atoms with van der Waals surface area (Å²) in [6, 6.07) is 69.1.